The molecular formula is C14H8BrF2NO3. The summed E-state index contributed by atoms with van der Waals surface area (Å²) in [6.45, 7) is 0. The molecule has 0 heterocycles. The Morgan fingerprint density at radius 2 is 1.76 bits per heavy atom. The van der Waals surface area contributed by atoms with Crippen molar-refractivity contribution in [3.63, 3.8) is 0 Å². The number of hydrogen-bond acceptors (Lipinski definition) is 2. The van der Waals surface area contributed by atoms with E-state index in [1.165, 1.54) is 18.2 Å². The van der Waals surface area contributed by atoms with Gasteiger partial charge in [-0.15, -0.1) is 0 Å². The highest BCUT2D eigenvalue weighted by molar-refractivity contribution is 9.10. The zero-order chi connectivity index (χ0) is 15.6. The van der Waals surface area contributed by atoms with E-state index in [9.17, 15) is 18.4 Å². The number of carbonyl (C=O) groups is 2. The van der Waals surface area contributed by atoms with Gasteiger partial charge in [0.2, 0.25) is 0 Å². The Morgan fingerprint density at radius 1 is 1.05 bits per heavy atom. The van der Waals surface area contributed by atoms with Crippen LogP contribution in [0.1, 0.15) is 20.7 Å². The Kier molecular flexibility index (Phi) is 4.32. The SMILES string of the molecule is O=C(Nc1ccc(Br)c(C(=O)O)c1)c1cc(F)ccc1F. The van der Waals surface area contributed by atoms with Crippen LogP contribution in [0.4, 0.5) is 14.5 Å². The molecule has 0 unspecified atom stereocenters. The predicted octanol–water partition coefficient (Wildman–Crippen LogP) is 3.68. The van der Waals surface area contributed by atoms with Gasteiger partial charge in [-0.05, 0) is 52.3 Å². The smallest absolute Gasteiger partial charge is 0.336 e. The number of carboxylic acid groups (broad SMARTS) is 1. The minimum atomic E-state index is -1.19. The second-order valence-corrected chi connectivity index (χ2v) is 4.93. The fourth-order valence-corrected chi connectivity index (χ4v) is 2.05. The number of carbonyl (C=O) groups excluding carboxylic acids is 1. The van der Waals surface area contributed by atoms with Gasteiger partial charge in [-0.25, -0.2) is 13.6 Å². The monoisotopic (exact) mass is 355 g/mol. The molecule has 7 heteroatoms. The van der Waals surface area contributed by atoms with Crippen molar-refractivity contribution in [3.05, 3.63) is 63.6 Å². The largest absolute Gasteiger partial charge is 0.478 e. The molecule has 0 aromatic heterocycles. The second-order valence-electron chi connectivity index (χ2n) is 4.08. The number of benzene rings is 2. The van der Waals surface area contributed by atoms with Crippen LogP contribution in [0.15, 0.2) is 40.9 Å². The van der Waals surface area contributed by atoms with Crippen molar-refractivity contribution >= 4 is 33.5 Å². The summed E-state index contributed by atoms with van der Waals surface area (Å²) in [6, 6.07) is 6.58. The van der Waals surface area contributed by atoms with Crippen LogP contribution in [0.2, 0.25) is 0 Å². The van der Waals surface area contributed by atoms with E-state index in [-0.39, 0.29) is 11.3 Å². The van der Waals surface area contributed by atoms with E-state index in [0.29, 0.717) is 4.47 Å². The van der Waals surface area contributed by atoms with Gasteiger partial charge in [-0.2, -0.15) is 0 Å². The molecule has 0 bridgehead atoms. The molecule has 0 saturated heterocycles. The number of anilines is 1. The number of halogens is 3. The molecule has 21 heavy (non-hydrogen) atoms. The fraction of sp³-hybridized carbons (Fsp3) is 0. The highest BCUT2D eigenvalue weighted by Crippen LogP contribution is 2.22. The first-order chi connectivity index (χ1) is 9.88. The van der Waals surface area contributed by atoms with E-state index in [1.807, 2.05) is 0 Å². The molecule has 0 fully saturated rings. The molecule has 0 saturated carbocycles. The van der Waals surface area contributed by atoms with Crippen LogP contribution in [0.5, 0.6) is 0 Å². The first-order valence-corrected chi connectivity index (χ1v) is 6.47. The molecular weight excluding hydrogens is 348 g/mol. The third-order valence-corrected chi connectivity index (χ3v) is 3.32. The van der Waals surface area contributed by atoms with Crippen molar-refractivity contribution < 1.29 is 23.5 Å². The first-order valence-electron chi connectivity index (χ1n) is 5.67. The lowest BCUT2D eigenvalue weighted by Crippen LogP contribution is -2.14. The van der Waals surface area contributed by atoms with Crippen molar-refractivity contribution in [2.75, 3.05) is 5.32 Å². The predicted molar refractivity (Wildman–Crippen MR) is 75.4 cm³/mol. The van der Waals surface area contributed by atoms with Gasteiger partial charge >= 0.3 is 5.97 Å². The Bertz CT molecular complexity index is 734. The summed E-state index contributed by atoms with van der Waals surface area (Å²) in [4.78, 5) is 22.9. The van der Waals surface area contributed by atoms with E-state index in [2.05, 4.69) is 21.2 Å². The van der Waals surface area contributed by atoms with Crippen LogP contribution >= 0.6 is 15.9 Å². The van der Waals surface area contributed by atoms with Crippen molar-refractivity contribution in [2.45, 2.75) is 0 Å². The third-order valence-electron chi connectivity index (χ3n) is 2.63. The zero-order valence-electron chi connectivity index (χ0n) is 10.4. The van der Waals surface area contributed by atoms with Crippen molar-refractivity contribution in [1.82, 2.24) is 0 Å². The van der Waals surface area contributed by atoms with Crippen LogP contribution in [0, 0.1) is 11.6 Å². The van der Waals surface area contributed by atoms with Gasteiger partial charge in [0.1, 0.15) is 11.6 Å². The van der Waals surface area contributed by atoms with E-state index in [4.69, 9.17) is 5.11 Å². The lowest BCUT2D eigenvalue weighted by molar-refractivity contribution is 0.0695. The molecule has 1 amide bonds. The summed E-state index contributed by atoms with van der Waals surface area (Å²) in [5.74, 6) is -3.67. The Labute approximate surface area is 126 Å². The maximum atomic E-state index is 13.5. The maximum Gasteiger partial charge on any atom is 0.336 e. The van der Waals surface area contributed by atoms with Crippen LogP contribution in [0.25, 0.3) is 0 Å². The molecule has 2 N–H and O–H groups in total. The normalized spacial score (nSPS) is 10.2. The van der Waals surface area contributed by atoms with E-state index < -0.39 is 29.1 Å². The van der Waals surface area contributed by atoms with Crippen LogP contribution in [-0.2, 0) is 0 Å². The summed E-state index contributed by atoms with van der Waals surface area (Å²) < 4.78 is 26.8. The van der Waals surface area contributed by atoms with Gasteiger partial charge in [0, 0.05) is 10.2 Å². The lowest BCUT2D eigenvalue weighted by Gasteiger charge is -2.08. The standard InChI is InChI=1S/C14H8BrF2NO3/c15-11-3-2-8(6-9(11)14(20)21)18-13(19)10-5-7(16)1-4-12(10)17/h1-6H,(H,18,19)(H,20,21). The third kappa shape index (κ3) is 3.43. The topological polar surface area (TPSA) is 66.4 Å². The number of hydrogen-bond donors (Lipinski definition) is 2. The summed E-state index contributed by atoms with van der Waals surface area (Å²) >= 11 is 3.06. The summed E-state index contributed by atoms with van der Waals surface area (Å²) in [7, 11) is 0. The molecule has 0 atom stereocenters. The van der Waals surface area contributed by atoms with Crippen molar-refractivity contribution in [2.24, 2.45) is 0 Å². The van der Waals surface area contributed by atoms with E-state index in [1.54, 1.807) is 0 Å². The van der Waals surface area contributed by atoms with Gasteiger partial charge < -0.3 is 10.4 Å². The molecule has 0 aliphatic heterocycles. The fourth-order valence-electron chi connectivity index (χ4n) is 1.64. The van der Waals surface area contributed by atoms with Crippen molar-refractivity contribution in [3.8, 4) is 0 Å². The average Bonchev–Trinajstić information content (AvgIpc) is 2.43. The molecule has 108 valence electrons. The average molecular weight is 356 g/mol. The molecule has 2 rings (SSSR count). The Hall–Kier alpha value is -2.28. The van der Waals surface area contributed by atoms with Crippen LogP contribution < -0.4 is 5.32 Å². The molecule has 0 aliphatic carbocycles. The van der Waals surface area contributed by atoms with Crippen molar-refractivity contribution in [1.29, 1.82) is 0 Å². The highest BCUT2D eigenvalue weighted by Gasteiger charge is 2.15. The first kappa shape index (κ1) is 15.1. The van der Waals surface area contributed by atoms with E-state index in [0.717, 1.165) is 18.2 Å². The van der Waals surface area contributed by atoms with Gasteiger partial charge in [0.15, 0.2) is 0 Å². The molecule has 2 aromatic rings. The van der Waals surface area contributed by atoms with Crippen LogP contribution in [0.3, 0.4) is 0 Å². The summed E-state index contributed by atoms with van der Waals surface area (Å²) in [6.07, 6.45) is 0. The molecule has 2 aromatic carbocycles. The summed E-state index contributed by atoms with van der Waals surface area (Å²) in [5.41, 5.74) is -0.369. The number of nitrogens with one attached hydrogen (secondary N) is 1. The summed E-state index contributed by atoms with van der Waals surface area (Å²) in [5, 5.41) is 11.3. The number of rotatable bonds is 3. The lowest BCUT2D eigenvalue weighted by atomic mass is 10.1. The molecule has 0 spiro atoms. The maximum absolute atomic E-state index is 13.5. The number of aromatic carboxylic acids is 1. The zero-order valence-corrected chi connectivity index (χ0v) is 11.9. The molecule has 0 radical (unpaired) electrons. The molecule has 4 nitrogen and oxygen atoms in total. The van der Waals surface area contributed by atoms with Gasteiger partial charge in [-0.3, -0.25) is 4.79 Å². The molecule has 0 aliphatic rings. The van der Waals surface area contributed by atoms with E-state index >= 15 is 0 Å². The number of carboxylic acids is 1. The Balaban J connectivity index is 2.29. The van der Waals surface area contributed by atoms with Gasteiger partial charge in [0.05, 0.1) is 11.1 Å². The quantitative estimate of drug-likeness (QED) is 0.882. The Morgan fingerprint density at radius 3 is 2.43 bits per heavy atom. The minimum Gasteiger partial charge on any atom is -0.478 e. The van der Waals surface area contributed by atoms with Gasteiger partial charge in [-0.1, -0.05) is 0 Å². The minimum absolute atomic E-state index is 0.0625. The highest BCUT2D eigenvalue weighted by atomic mass is 79.9. The van der Waals surface area contributed by atoms with Crippen LogP contribution in [-0.4, -0.2) is 17.0 Å². The second kappa shape index (κ2) is 6.01. The number of amides is 1. The van der Waals surface area contributed by atoms with Gasteiger partial charge in [0.25, 0.3) is 5.91 Å².